The van der Waals surface area contributed by atoms with Crippen molar-refractivity contribution in [2.45, 2.75) is 0 Å². The molecule has 8 heteroatoms. The Hall–Kier alpha value is -1.83. The Morgan fingerprint density at radius 1 is 1.10 bits per heavy atom. The second kappa shape index (κ2) is 5.66. The van der Waals surface area contributed by atoms with Gasteiger partial charge in [-0.2, -0.15) is 22.5 Å². The first-order valence-corrected chi connectivity index (χ1v) is 6.04. The van der Waals surface area contributed by atoms with Gasteiger partial charge in [0.2, 0.25) is 11.6 Å². The molecule has 0 radical (unpaired) electrons. The van der Waals surface area contributed by atoms with Crippen LogP contribution in [0.15, 0.2) is 22.7 Å². The van der Waals surface area contributed by atoms with Gasteiger partial charge in [0.25, 0.3) is 11.9 Å². The number of hydrogen-bond donors (Lipinski definition) is 1. The summed E-state index contributed by atoms with van der Waals surface area (Å²) in [6.07, 6.45) is 0. The monoisotopic (exact) mass is 350 g/mol. The largest absolute Gasteiger partial charge is 0.496 e. The summed E-state index contributed by atoms with van der Waals surface area (Å²) in [5.41, 5.74) is -0.743. The molecule has 0 saturated carbocycles. The van der Waals surface area contributed by atoms with Gasteiger partial charge in [0, 0.05) is 5.69 Å². The zero-order valence-corrected chi connectivity index (χ0v) is 11.6. The molecule has 0 aliphatic carbocycles. The lowest BCUT2D eigenvalue weighted by Crippen LogP contribution is -2.06. The van der Waals surface area contributed by atoms with Crippen LogP contribution in [-0.2, 0) is 0 Å². The molecule has 0 aliphatic rings. The van der Waals surface area contributed by atoms with Gasteiger partial charge in [-0.25, -0.2) is 0 Å². The molecule has 106 valence electrons. The lowest BCUT2D eigenvalue weighted by Gasteiger charge is -2.11. The van der Waals surface area contributed by atoms with Gasteiger partial charge in [0.1, 0.15) is 11.4 Å². The maximum Gasteiger partial charge on any atom is 0.253 e. The molecule has 0 atom stereocenters. The van der Waals surface area contributed by atoms with Crippen LogP contribution in [0, 0.1) is 23.5 Å². The van der Waals surface area contributed by atoms with E-state index in [1.54, 1.807) is 0 Å². The van der Waals surface area contributed by atoms with Crippen molar-refractivity contribution in [2.75, 3.05) is 12.4 Å². The van der Waals surface area contributed by atoms with E-state index >= 15 is 0 Å². The van der Waals surface area contributed by atoms with Crippen molar-refractivity contribution in [3.05, 3.63) is 46.2 Å². The predicted octanol–water partition coefficient (Wildman–Crippen LogP) is 4.15. The van der Waals surface area contributed by atoms with Crippen molar-refractivity contribution in [1.29, 1.82) is 0 Å². The number of aromatic nitrogens is 1. The Kier molecular flexibility index (Phi) is 4.12. The fraction of sp³-hybridized carbons (Fsp3) is 0.0833. The van der Waals surface area contributed by atoms with Gasteiger partial charge in [0.05, 0.1) is 11.6 Å². The number of pyridine rings is 1. The number of hydrogen-bond acceptors (Lipinski definition) is 3. The topological polar surface area (TPSA) is 34.1 Å². The Bertz CT molecular complexity index is 640. The minimum atomic E-state index is -1.72. The van der Waals surface area contributed by atoms with Crippen LogP contribution in [-0.4, -0.2) is 12.1 Å². The van der Waals surface area contributed by atoms with Crippen LogP contribution in [0.4, 0.5) is 28.9 Å². The van der Waals surface area contributed by atoms with Crippen molar-refractivity contribution >= 4 is 27.3 Å². The molecule has 1 heterocycles. The molecule has 0 bridgehead atoms. The smallest absolute Gasteiger partial charge is 0.253 e. The molecule has 20 heavy (non-hydrogen) atoms. The van der Waals surface area contributed by atoms with Crippen molar-refractivity contribution in [2.24, 2.45) is 0 Å². The molecule has 1 N–H and O–H groups in total. The Balaban J connectivity index is 2.42. The standard InChI is InChI=1S/C12H7BrF4N2O/c1-20-7-3-2-5(4-6(7)13)18-10-8(14)11(16)19-12(17)9(10)15/h2-4H,1H3,(H,18,19). The highest BCUT2D eigenvalue weighted by molar-refractivity contribution is 9.10. The number of nitrogens with one attached hydrogen (secondary N) is 1. The van der Waals surface area contributed by atoms with Gasteiger partial charge in [-0.15, -0.1) is 0 Å². The van der Waals surface area contributed by atoms with Gasteiger partial charge in [-0.1, -0.05) is 0 Å². The average molecular weight is 351 g/mol. The first kappa shape index (κ1) is 14.6. The molecule has 0 aliphatic heterocycles. The van der Waals surface area contributed by atoms with E-state index in [9.17, 15) is 17.6 Å². The molecule has 0 amide bonds. The van der Waals surface area contributed by atoms with E-state index in [4.69, 9.17) is 4.74 Å². The minimum absolute atomic E-state index is 0.209. The number of benzene rings is 1. The van der Waals surface area contributed by atoms with Crippen molar-refractivity contribution in [1.82, 2.24) is 4.98 Å². The second-order valence-electron chi connectivity index (χ2n) is 3.67. The number of nitrogens with zero attached hydrogens (tertiary/aromatic N) is 1. The summed E-state index contributed by atoms with van der Waals surface area (Å²) in [6, 6.07) is 4.38. The molecule has 0 spiro atoms. The minimum Gasteiger partial charge on any atom is -0.496 e. The van der Waals surface area contributed by atoms with E-state index < -0.39 is 29.2 Å². The summed E-state index contributed by atoms with van der Waals surface area (Å²) in [4.78, 5) is 2.47. The third-order valence-corrected chi connectivity index (χ3v) is 3.04. The number of methoxy groups -OCH3 is 1. The highest BCUT2D eigenvalue weighted by Gasteiger charge is 2.21. The van der Waals surface area contributed by atoms with Crippen LogP contribution in [0.3, 0.4) is 0 Å². The summed E-state index contributed by atoms with van der Waals surface area (Å²) in [6.45, 7) is 0. The van der Waals surface area contributed by atoms with Crippen LogP contribution in [0.5, 0.6) is 5.75 Å². The van der Waals surface area contributed by atoms with E-state index in [0.29, 0.717) is 10.2 Å². The Morgan fingerprint density at radius 2 is 1.70 bits per heavy atom. The Labute approximate surface area is 119 Å². The van der Waals surface area contributed by atoms with Crippen LogP contribution in [0.25, 0.3) is 0 Å². The molecule has 1 aromatic heterocycles. The van der Waals surface area contributed by atoms with Crippen molar-refractivity contribution < 1.29 is 22.3 Å². The summed E-state index contributed by atoms with van der Waals surface area (Å²) in [5.74, 6) is -6.16. The van der Waals surface area contributed by atoms with Crippen LogP contribution in [0.1, 0.15) is 0 Å². The lowest BCUT2D eigenvalue weighted by atomic mass is 10.2. The predicted molar refractivity (Wildman–Crippen MR) is 68.0 cm³/mol. The number of rotatable bonds is 3. The van der Waals surface area contributed by atoms with Gasteiger partial charge < -0.3 is 10.1 Å². The summed E-state index contributed by atoms with van der Waals surface area (Å²) < 4.78 is 58.3. The van der Waals surface area contributed by atoms with Gasteiger partial charge in [-0.05, 0) is 34.1 Å². The third kappa shape index (κ3) is 2.69. The van der Waals surface area contributed by atoms with Gasteiger partial charge >= 0.3 is 0 Å². The molecule has 0 unspecified atom stereocenters. The average Bonchev–Trinajstić information content (AvgIpc) is 2.41. The van der Waals surface area contributed by atoms with Crippen molar-refractivity contribution in [3.8, 4) is 5.75 Å². The summed E-state index contributed by atoms with van der Waals surface area (Å²) in [7, 11) is 1.44. The maximum absolute atomic E-state index is 13.4. The molecule has 0 saturated heterocycles. The molecular weight excluding hydrogens is 344 g/mol. The van der Waals surface area contributed by atoms with E-state index in [1.165, 1.54) is 25.3 Å². The maximum atomic E-state index is 13.4. The zero-order valence-electron chi connectivity index (χ0n) is 9.98. The van der Waals surface area contributed by atoms with Gasteiger partial charge in [-0.3, -0.25) is 0 Å². The first-order chi connectivity index (χ1) is 9.43. The second-order valence-corrected chi connectivity index (χ2v) is 4.53. The molecular formula is C12H7BrF4N2O. The SMILES string of the molecule is COc1ccc(Nc2c(F)c(F)nc(F)c2F)cc1Br. The van der Waals surface area contributed by atoms with Crippen LogP contribution < -0.4 is 10.1 Å². The highest BCUT2D eigenvalue weighted by atomic mass is 79.9. The summed E-state index contributed by atoms with van der Waals surface area (Å²) in [5, 5.41) is 2.26. The van der Waals surface area contributed by atoms with Crippen LogP contribution in [0.2, 0.25) is 0 Å². The first-order valence-electron chi connectivity index (χ1n) is 5.24. The lowest BCUT2D eigenvalue weighted by molar-refractivity contribution is 0.411. The highest BCUT2D eigenvalue weighted by Crippen LogP contribution is 2.31. The number of ether oxygens (including phenoxy) is 1. The molecule has 1 aromatic carbocycles. The number of halogens is 5. The van der Waals surface area contributed by atoms with E-state index in [0.717, 1.165) is 0 Å². The van der Waals surface area contributed by atoms with E-state index in [-0.39, 0.29) is 5.69 Å². The zero-order chi connectivity index (χ0) is 14.9. The summed E-state index contributed by atoms with van der Waals surface area (Å²) >= 11 is 3.17. The molecule has 2 aromatic rings. The third-order valence-electron chi connectivity index (χ3n) is 2.42. The Morgan fingerprint density at radius 3 is 2.20 bits per heavy atom. The van der Waals surface area contributed by atoms with E-state index in [2.05, 4.69) is 26.2 Å². The fourth-order valence-electron chi connectivity index (χ4n) is 1.49. The molecule has 3 nitrogen and oxygen atoms in total. The van der Waals surface area contributed by atoms with Crippen molar-refractivity contribution in [3.63, 3.8) is 0 Å². The quantitative estimate of drug-likeness (QED) is 0.666. The molecule has 2 rings (SSSR count). The molecule has 0 fully saturated rings. The van der Waals surface area contributed by atoms with Gasteiger partial charge in [0.15, 0.2) is 0 Å². The number of anilines is 2. The fourth-order valence-corrected chi connectivity index (χ4v) is 2.03. The normalized spacial score (nSPS) is 10.5. The van der Waals surface area contributed by atoms with E-state index in [1.807, 2.05) is 0 Å². The van der Waals surface area contributed by atoms with Crippen LogP contribution >= 0.6 is 15.9 Å².